The first kappa shape index (κ1) is 16.1. The van der Waals surface area contributed by atoms with Crippen molar-refractivity contribution in [1.29, 1.82) is 0 Å². The van der Waals surface area contributed by atoms with E-state index in [1.54, 1.807) is 25.1 Å². The Morgan fingerprint density at radius 2 is 2.04 bits per heavy atom. The van der Waals surface area contributed by atoms with Crippen LogP contribution in [-0.2, 0) is 4.79 Å². The number of hydrogen-bond donors (Lipinski definition) is 3. The van der Waals surface area contributed by atoms with E-state index in [0.29, 0.717) is 30.4 Å². The zero-order valence-corrected chi connectivity index (χ0v) is 13.4. The van der Waals surface area contributed by atoms with Crippen molar-refractivity contribution in [2.45, 2.75) is 17.2 Å². The van der Waals surface area contributed by atoms with E-state index in [9.17, 15) is 14.4 Å². The Hall–Kier alpha value is -2.75. The van der Waals surface area contributed by atoms with Gasteiger partial charge in [0, 0.05) is 11.8 Å². The van der Waals surface area contributed by atoms with Crippen molar-refractivity contribution in [1.82, 2.24) is 15.2 Å². The van der Waals surface area contributed by atoms with Gasteiger partial charge in [0.15, 0.2) is 16.5 Å². The molecule has 0 unspecified atom stereocenters. The van der Waals surface area contributed by atoms with Crippen LogP contribution in [0.5, 0.6) is 11.5 Å². The maximum Gasteiger partial charge on any atom is 0.342 e. The van der Waals surface area contributed by atoms with E-state index in [1.165, 1.54) is 0 Å². The minimum atomic E-state index is -0.697. The summed E-state index contributed by atoms with van der Waals surface area (Å²) in [6.07, 6.45) is 0. The van der Waals surface area contributed by atoms with Gasteiger partial charge in [0.1, 0.15) is 13.2 Å². The molecular formula is C14H14N4O5S. The highest BCUT2D eigenvalue weighted by Crippen LogP contribution is 2.32. The van der Waals surface area contributed by atoms with Crippen molar-refractivity contribution in [3.05, 3.63) is 39.0 Å². The van der Waals surface area contributed by atoms with Gasteiger partial charge in [-0.3, -0.25) is 14.6 Å². The minimum Gasteiger partial charge on any atom is -0.486 e. The molecule has 3 N–H and O–H groups in total. The van der Waals surface area contributed by atoms with Crippen molar-refractivity contribution < 1.29 is 14.3 Å². The standard InChI is InChI=1S/C14H14N4O5S/c1-7(24-13-12(20)16-14(21)18-17-13)11(19)15-8-2-3-9-10(6-8)23-5-4-22-9/h2-3,6-7H,4-5H2,1H3,(H,15,19)(H2,16,18,20,21)/t7-/m0/s1. The highest BCUT2D eigenvalue weighted by atomic mass is 32.2. The van der Waals surface area contributed by atoms with Crippen molar-refractivity contribution in [3.8, 4) is 11.5 Å². The van der Waals surface area contributed by atoms with E-state index in [4.69, 9.17) is 9.47 Å². The van der Waals surface area contributed by atoms with Gasteiger partial charge < -0.3 is 14.8 Å². The van der Waals surface area contributed by atoms with E-state index in [0.717, 1.165) is 11.8 Å². The molecule has 0 bridgehead atoms. The minimum absolute atomic E-state index is 0.0134. The molecule has 3 rings (SSSR count). The van der Waals surface area contributed by atoms with Gasteiger partial charge in [0.05, 0.1) is 5.25 Å². The van der Waals surface area contributed by atoms with Crippen molar-refractivity contribution in [2.75, 3.05) is 18.5 Å². The van der Waals surface area contributed by atoms with E-state index in [-0.39, 0.29) is 10.9 Å². The average molecular weight is 350 g/mol. The molecule has 24 heavy (non-hydrogen) atoms. The van der Waals surface area contributed by atoms with Crippen LogP contribution < -0.4 is 26.0 Å². The average Bonchev–Trinajstić information content (AvgIpc) is 2.57. The summed E-state index contributed by atoms with van der Waals surface area (Å²) in [5, 5.41) is 7.90. The Morgan fingerprint density at radius 3 is 2.79 bits per heavy atom. The number of anilines is 1. The molecule has 0 saturated heterocycles. The number of carbonyl (C=O) groups excluding carboxylic acids is 1. The first-order valence-corrected chi connectivity index (χ1v) is 7.97. The highest BCUT2D eigenvalue weighted by molar-refractivity contribution is 8.00. The molecule has 0 fully saturated rings. The molecule has 1 atom stereocenters. The second-order valence-corrected chi connectivity index (χ2v) is 6.25. The molecule has 2 aromatic rings. The number of thioether (sulfide) groups is 1. The van der Waals surface area contributed by atoms with Crippen molar-refractivity contribution >= 4 is 23.4 Å². The number of rotatable bonds is 4. The van der Waals surface area contributed by atoms with Crippen molar-refractivity contribution in [3.63, 3.8) is 0 Å². The number of nitrogens with zero attached hydrogens (tertiary/aromatic N) is 1. The van der Waals surface area contributed by atoms with E-state index >= 15 is 0 Å². The molecule has 9 nitrogen and oxygen atoms in total. The third-order valence-electron chi connectivity index (χ3n) is 3.15. The Bertz CT molecular complexity index is 878. The predicted molar refractivity (Wildman–Crippen MR) is 86.9 cm³/mol. The Labute approximate surface area is 139 Å². The van der Waals surface area contributed by atoms with Gasteiger partial charge in [-0.1, -0.05) is 11.8 Å². The summed E-state index contributed by atoms with van der Waals surface area (Å²) in [4.78, 5) is 36.8. The largest absolute Gasteiger partial charge is 0.486 e. The molecule has 1 aromatic carbocycles. The Morgan fingerprint density at radius 1 is 1.29 bits per heavy atom. The molecule has 10 heteroatoms. The molecule has 1 aromatic heterocycles. The summed E-state index contributed by atoms with van der Waals surface area (Å²) >= 11 is 0.942. The third kappa shape index (κ3) is 3.59. The lowest BCUT2D eigenvalue weighted by Gasteiger charge is -2.19. The maximum absolute atomic E-state index is 12.2. The predicted octanol–water partition coefficient (Wildman–Crippen LogP) is 0.349. The summed E-state index contributed by atoms with van der Waals surface area (Å²) in [7, 11) is 0. The molecule has 0 spiro atoms. The number of fused-ring (bicyclic) bond motifs is 1. The van der Waals surface area contributed by atoms with E-state index in [1.807, 2.05) is 0 Å². The second kappa shape index (κ2) is 6.79. The van der Waals surface area contributed by atoms with Crippen LogP contribution in [0.3, 0.4) is 0 Å². The molecular weight excluding hydrogens is 336 g/mol. The van der Waals surface area contributed by atoms with Gasteiger partial charge >= 0.3 is 5.69 Å². The van der Waals surface area contributed by atoms with Crippen LogP contribution in [0.4, 0.5) is 5.69 Å². The van der Waals surface area contributed by atoms with Crippen molar-refractivity contribution in [2.24, 2.45) is 0 Å². The summed E-state index contributed by atoms with van der Waals surface area (Å²) in [5.41, 5.74) is -0.777. The first-order valence-electron chi connectivity index (χ1n) is 7.09. The maximum atomic E-state index is 12.2. The zero-order chi connectivity index (χ0) is 17.1. The van der Waals surface area contributed by atoms with Gasteiger partial charge in [-0.05, 0) is 19.1 Å². The molecule has 126 valence electrons. The molecule has 0 saturated carbocycles. The van der Waals surface area contributed by atoms with E-state index < -0.39 is 16.5 Å². The molecule has 0 radical (unpaired) electrons. The number of hydrogen-bond acceptors (Lipinski definition) is 7. The van der Waals surface area contributed by atoms with Crippen LogP contribution in [0, 0.1) is 0 Å². The normalized spacial score (nSPS) is 14.0. The summed E-state index contributed by atoms with van der Waals surface area (Å²) in [5.74, 6) is 0.882. The second-order valence-electron chi connectivity index (χ2n) is 4.92. The SMILES string of the molecule is C[C@H](Sc1n[nH]c(=O)[nH]c1=O)C(=O)Nc1ccc2c(c1)OCCO2. The van der Waals surface area contributed by atoms with Crippen LogP contribution in [0.15, 0.2) is 32.8 Å². The van der Waals surface area contributed by atoms with Gasteiger partial charge in [-0.2, -0.15) is 5.10 Å². The number of amides is 1. The summed E-state index contributed by atoms with van der Waals surface area (Å²) in [6.45, 7) is 2.58. The van der Waals surface area contributed by atoms with Gasteiger partial charge in [-0.25, -0.2) is 9.89 Å². The lowest BCUT2D eigenvalue weighted by Crippen LogP contribution is -2.28. The fourth-order valence-electron chi connectivity index (χ4n) is 2.00. The topological polar surface area (TPSA) is 126 Å². The molecule has 2 heterocycles. The lowest BCUT2D eigenvalue weighted by atomic mass is 10.2. The Balaban J connectivity index is 1.68. The van der Waals surface area contributed by atoms with Crippen LogP contribution in [0.2, 0.25) is 0 Å². The fraction of sp³-hybridized carbons (Fsp3) is 0.286. The summed E-state index contributed by atoms with van der Waals surface area (Å²) < 4.78 is 10.9. The molecule has 1 amide bonds. The number of carbonyl (C=O) groups is 1. The van der Waals surface area contributed by atoms with Crippen LogP contribution in [-0.4, -0.2) is 39.6 Å². The molecule has 0 aliphatic carbocycles. The van der Waals surface area contributed by atoms with Gasteiger partial charge in [-0.15, -0.1) is 0 Å². The molecule has 1 aliphatic rings. The van der Waals surface area contributed by atoms with Gasteiger partial charge in [0.2, 0.25) is 5.91 Å². The van der Waals surface area contributed by atoms with Crippen LogP contribution >= 0.6 is 11.8 Å². The fourth-order valence-corrected chi connectivity index (χ4v) is 2.76. The highest BCUT2D eigenvalue weighted by Gasteiger charge is 2.19. The number of benzene rings is 1. The number of ether oxygens (including phenoxy) is 2. The van der Waals surface area contributed by atoms with E-state index in [2.05, 4.69) is 20.5 Å². The smallest absolute Gasteiger partial charge is 0.342 e. The number of nitrogens with one attached hydrogen (secondary N) is 3. The monoisotopic (exact) mass is 350 g/mol. The third-order valence-corrected chi connectivity index (χ3v) is 4.22. The number of aromatic amines is 2. The van der Waals surface area contributed by atoms with Crippen LogP contribution in [0.1, 0.15) is 6.92 Å². The van der Waals surface area contributed by atoms with Gasteiger partial charge in [0.25, 0.3) is 5.56 Å². The number of H-pyrrole nitrogens is 2. The molecule has 1 aliphatic heterocycles. The zero-order valence-electron chi connectivity index (χ0n) is 12.6. The summed E-state index contributed by atoms with van der Waals surface area (Å²) in [6, 6.07) is 5.10. The van der Waals surface area contributed by atoms with Crippen LogP contribution in [0.25, 0.3) is 0 Å². The number of aromatic nitrogens is 3. The Kier molecular flexibility index (Phi) is 4.56. The lowest BCUT2D eigenvalue weighted by molar-refractivity contribution is -0.115. The first-order chi connectivity index (χ1) is 11.5. The quantitative estimate of drug-likeness (QED) is 0.679.